The van der Waals surface area contributed by atoms with Crippen LogP contribution in [0, 0.1) is 5.82 Å². The standard InChI is InChI=1S/C24H24FN7O/c1-31-10-12-32(13-11-31)23-28-22(29-24(30-23)33-20-9-5-8-19(25)15-20)27-21-14-18(16-26-21)17-6-3-2-4-7-17/h2-9,14-15H,10-13,16H2,1H3,(H,26,27,28,29,30). The molecule has 0 amide bonds. The molecule has 9 heteroatoms. The van der Waals surface area contributed by atoms with Crippen LogP contribution >= 0.6 is 0 Å². The molecule has 0 aliphatic carbocycles. The Bertz CT molecular complexity index is 1190. The summed E-state index contributed by atoms with van der Waals surface area (Å²) in [7, 11) is 2.09. The number of hydrogen-bond acceptors (Lipinski definition) is 8. The molecule has 33 heavy (non-hydrogen) atoms. The number of hydrogen-bond donors (Lipinski definition) is 1. The lowest BCUT2D eigenvalue weighted by molar-refractivity contribution is 0.310. The number of ether oxygens (including phenoxy) is 1. The van der Waals surface area contributed by atoms with E-state index < -0.39 is 5.82 Å². The summed E-state index contributed by atoms with van der Waals surface area (Å²) in [6.45, 7) is 3.97. The number of likely N-dealkylation sites (N-methyl/N-ethyl adjacent to an activating group) is 1. The molecule has 2 aliphatic heterocycles. The van der Waals surface area contributed by atoms with Crippen molar-refractivity contribution in [1.82, 2.24) is 19.9 Å². The van der Waals surface area contributed by atoms with Crippen LogP contribution in [0.3, 0.4) is 0 Å². The molecular weight excluding hydrogens is 421 g/mol. The lowest BCUT2D eigenvalue weighted by Gasteiger charge is -2.32. The van der Waals surface area contributed by atoms with Gasteiger partial charge in [0.15, 0.2) is 0 Å². The second-order valence-electron chi connectivity index (χ2n) is 7.95. The zero-order chi connectivity index (χ0) is 22.6. The monoisotopic (exact) mass is 445 g/mol. The molecular formula is C24H24FN7O. The molecule has 0 saturated carbocycles. The van der Waals surface area contributed by atoms with E-state index in [-0.39, 0.29) is 6.01 Å². The van der Waals surface area contributed by atoms with Gasteiger partial charge in [0.2, 0.25) is 11.9 Å². The molecule has 168 valence electrons. The van der Waals surface area contributed by atoms with Gasteiger partial charge in [0.05, 0.1) is 6.54 Å². The fraction of sp³-hybridized carbons (Fsp3) is 0.250. The van der Waals surface area contributed by atoms with Crippen molar-refractivity contribution in [3.63, 3.8) is 0 Å². The summed E-state index contributed by atoms with van der Waals surface area (Å²) in [4.78, 5) is 22.4. The smallest absolute Gasteiger partial charge is 0.328 e. The molecule has 0 atom stereocenters. The summed E-state index contributed by atoms with van der Waals surface area (Å²) in [5.41, 5.74) is 2.24. The van der Waals surface area contributed by atoms with E-state index in [0.717, 1.165) is 37.3 Å². The van der Waals surface area contributed by atoms with Crippen LogP contribution in [0.25, 0.3) is 5.57 Å². The molecule has 0 bridgehead atoms. The predicted octanol–water partition coefficient (Wildman–Crippen LogP) is 3.46. The average molecular weight is 446 g/mol. The first-order valence-electron chi connectivity index (χ1n) is 10.8. The van der Waals surface area contributed by atoms with Crippen molar-refractivity contribution in [2.45, 2.75) is 0 Å². The highest BCUT2D eigenvalue weighted by Crippen LogP contribution is 2.24. The minimum atomic E-state index is -0.391. The maximum Gasteiger partial charge on any atom is 0.328 e. The topological polar surface area (TPSA) is 78.8 Å². The van der Waals surface area contributed by atoms with Gasteiger partial charge in [-0.1, -0.05) is 36.4 Å². The van der Waals surface area contributed by atoms with E-state index in [1.54, 1.807) is 12.1 Å². The Labute approximate surface area is 191 Å². The Morgan fingerprint density at radius 3 is 2.55 bits per heavy atom. The van der Waals surface area contributed by atoms with Gasteiger partial charge >= 0.3 is 6.01 Å². The van der Waals surface area contributed by atoms with Crippen molar-refractivity contribution in [3.8, 4) is 11.8 Å². The highest BCUT2D eigenvalue weighted by molar-refractivity contribution is 6.10. The minimum absolute atomic E-state index is 0.0953. The number of amidine groups is 1. The maximum absolute atomic E-state index is 13.6. The van der Waals surface area contributed by atoms with Gasteiger partial charge in [-0.15, -0.1) is 0 Å². The molecule has 1 fully saturated rings. The minimum Gasteiger partial charge on any atom is -0.424 e. The summed E-state index contributed by atoms with van der Waals surface area (Å²) in [5, 5.41) is 3.19. The van der Waals surface area contributed by atoms with Crippen LogP contribution in [-0.4, -0.2) is 65.5 Å². The zero-order valence-corrected chi connectivity index (χ0v) is 18.3. The molecule has 1 N–H and O–H groups in total. The van der Waals surface area contributed by atoms with Gasteiger partial charge in [-0.2, -0.15) is 15.0 Å². The Morgan fingerprint density at radius 1 is 0.939 bits per heavy atom. The number of halogens is 1. The third-order valence-electron chi connectivity index (χ3n) is 5.51. The van der Waals surface area contributed by atoms with Crippen LogP contribution in [-0.2, 0) is 0 Å². The quantitative estimate of drug-likeness (QED) is 0.644. The van der Waals surface area contributed by atoms with Crippen molar-refractivity contribution in [2.75, 3.05) is 50.0 Å². The number of anilines is 2. The molecule has 3 heterocycles. The third kappa shape index (κ3) is 5.15. The average Bonchev–Trinajstić information content (AvgIpc) is 3.28. The number of piperazine rings is 1. The van der Waals surface area contributed by atoms with Crippen molar-refractivity contribution in [1.29, 1.82) is 0 Å². The first kappa shape index (κ1) is 21.0. The lowest BCUT2D eigenvalue weighted by Crippen LogP contribution is -2.45. The highest BCUT2D eigenvalue weighted by Gasteiger charge is 2.20. The fourth-order valence-corrected chi connectivity index (χ4v) is 3.67. The van der Waals surface area contributed by atoms with E-state index in [0.29, 0.717) is 30.0 Å². The van der Waals surface area contributed by atoms with E-state index >= 15 is 0 Å². The summed E-state index contributed by atoms with van der Waals surface area (Å²) >= 11 is 0. The molecule has 1 saturated heterocycles. The predicted molar refractivity (Wildman–Crippen MR) is 126 cm³/mol. The number of benzene rings is 2. The van der Waals surface area contributed by atoms with Crippen molar-refractivity contribution >= 4 is 23.3 Å². The Hall–Kier alpha value is -3.85. The number of nitrogens with zero attached hydrogens (tertiary/aromatic N) is 6. The van der Waals surface area contributed by atoms with Crippen molar-refractivity contribution < 1.29 is 9.13 Å². The van der Waals surface area contributed by atoms with E-state index in [1.807, 2.05) is 24.3 Å². The molecule has 1 aromatic heterocycles. The molecule has 0 unspecified atom stereocenters. The molecule has 8 nitrogen and oxygen atoms in total. The molecule has 0 radical (unpaired) electrons. The second-order valence-corrected chi connectivity index (χ2v) is 7.95. The van der Waals surface area contributed by atoms with Crippen molar-refractivity contribution in [3.05, 3.63) is 72.1 Å². The lowest BCUT2D eigenvalue weighted by atomic mass is 10.1. The number of rotatable bonds is 5. The Morgan fingerprint density at radius 2 is 1.76 bits per heavy atom. The van der Waals surface area contributed by atoms with Gasteiger partial charge in [0.25, 0.3) is 0 Å². The van der Waals surface area contributed by atoms with Gasteiger partial charge in [0, 0.05) is 32.2 Å². The molecule has 3 aromatic rings. The van der Waals surface area contributed by atoms with Crippen LogP contribution < -0.4 is 15.0 Å². The van der Waals surface area contributed by atoms with Gasteiger partial charge in [-0.05, 0) is 36.4 Å². The Kier molecular flexibility index (Phi) is 5.95. The van der Waals surface area contributed by atoms with Crippen molar-refractivity contribution in [2.24, 2.45) is 4.99 Å². The first-order chi connectivity index (χ1) is 16.1. The van der Waals surface area contributed by atoms with E-state index in [4.69, 9.17) is 4.74 Å². The zero-order valence-electron chi connectivity index (χ0n) is 18.3. The highest BCUT2D eigenvalue weighted by atomic mass is 19.1. The first-order valence-corrected chi connectivity index (χ1v) is 10.8. The SMILES string of the molecule is CN1CCN(c2nc(NC3=NCC(c4ccccc4)=C3)nc(Oc3cccc(F)c3)n2)CC1. The largest absolute Gasteiger partial charge is 0.424 e. The molecule has 2 aromatic carbocycles. The molecule has 2 aliphatic rings. The summed E-state index contributed by atoms with van der Waals surface area (Å²) in [6, 6.07) is 16.1. The van der Waals surface area contributed by atoms with E-state index in [2.05, 4.69) is 54.2 Å². The van der Waals surface area contributed by atoms with E-state index in [1.165, 1.54) is 12.1 Å². The normalized spacial score (nSPS) is 16.4. The second kappa shape index (κ2) is 9.33. The van der Waals surface area contributed by atoms with Gasteiger partial charge in [0.1, 0.15) is 17.4 Å². The van der Waals surface area contributed by atoms with Gasteiger partial charge < -0.3 is 19.9 Å². The van der Waals surface area contributed by atoms with E-state index in [9.17, 15) is 4.39 Å². The summed E-state index contributed by atoms with van der Waals surface area (Å²) in [5.74, 6) is 1.44. The summed E-state index contributed by atoms with van der Waals surface area (Å²) < 4.78 is 19.4. The Balaban J connectivity index is 1.41. The fourth-order valence-electron chi connectivity index (χ4n) is 3.67. The number of nitrogens with one attached hydrogen (secondary N) is 1. The molecule has 5 rings (SSSR count). The van der Waals surface area contributed by atoms with Gasteiger partial charge in [-0.25, -0.2) is 4.39 Å². The van der Waals surface area contributed by atoms with Crippen LogP contribution in [0.2, 0.25) is 0 Å². The van der Waals surface area contributed by atoms with Crippen LogP contribution in [0.1, 0.15) is 5.56 Å². The number of aromatic nitrogens is 3. The van der Waals surface area contributed by atoms with Crippen LogP contribution in [0.15, 0.2) is 65.7 Å². The third-order valence-corrected chi connectivity index (χ3v) is 5.51. The van der Waals surface area contributed by atoms with Crippen LogP contribution in [0.4, 0.5) is 16.3 Å². The van der Waals surface area contributed by atoms with Crippen LogP contribution in [0.5, 0.6) is 11.8 Å². The summed E-state index contributed by atoms with van der Waals surface area (Å²) in [6.07, 6.45) is 1.99. The number of aliphatic imine (C=N–C) groups is 1. The van der Waals surface area contributed by atoms with Gasteiger partial charge in [-0.3, -0.25) is 4.99 Å². The molecule has 0 spiro atoms. The maximum atomic E-state index is 13.6.